The molecule has 1 aromatic rings. The van der Waals surface area contributed by atoms with Gasteiger partial charge in [0.15, 0.2) is 0 Å². The van der Waals surface area contributed by atoms with E-state index in [0.717, 1.165) is 0 Å². The van der Waals surface area contributed by atoms with Crippen molar-refractivity contribution in [3.8, 4) is 0 Å². The Morgan fingerprint density at radius 2 is 1.68 bits per heavy atom. The first-order chi connectivity index (χ1) is 10.5. The third-order valence-electron chi connectivity index (χ3n) is 2.66. The zero-order valence-corrected chi connectivity index (χ0v) is 13.2. The monoisotopic (exact) mass is 327 g/mol. The van der Waals surface area contributed by atoms with E-state index in [9.17, 15) is 14.4 Å². The molecule has 0 saturated heterocycles. The zero-order valence-electron chi connectivity index (χ0n) is 12.4. The standard InChI is InChI=1S/C15H18ClNO5/c1-3-21-13(18)9-12(15(20)22-4-2)17-14(19)10-5-7-11(16)8-6-10/h5-8,12H,3-4,9H2,1-2H3,(H,17,19)/t12-/m0/s1. The molecule has 120 valence electrons. The Morgan fingerprint density at radius 3 is 2.23 bits per heavy atom. The molecule has 0 radical (unpaired) electrons. The molecular weight excluding hydrogens is 310 g/mol. The maximum absolute atomic E-state index is 12.1. The second-order valence-electron chi connectivity index (χ2n) is 4.29. The number of carbonyl (C=O) groups excluding carboxylic acids is 3. The molecule has 1 amide bonds. The van der Waals surface area contributed by atoms with Crippen LogP contribution in [0.3, 0.4) is 0 Å². The number of hydrogen-bond donors (Lipinski definition) is 1. The molecule has 1 N–H and O–H groups in total. The summed E-state index contributed by atoms with van der Waals surface area (Å²) in [7, 11) is 0. The highest BCUT2D eigenvalue weighted by Gasteiger charge is 2.26. The predicted octanol–water partition coefficient (Wildman–Crippen LogP) is 1.95. The van der Waals surface area contributed by atoms with Crippen LogP contribution in [0.2, 0.25) is 5.02 Å². The Labute approximate surface area is 133 Å². The quantitative estimate of drug-likeness (QED) is 0.774. The van der Waals surface area contributed by atoms with Crippen molar-refractivity contribution < 1.29 is 23.9 Å². The summed E-state index contributed by atoms with van der Waals surface area (Å²) in [5, 5.41) is 2.96. The lowest BCUT2D eigenvalue weighted by atomic mass is 10.1. The van der Waals surface area contributed by atoms with Crippen LogP contribution in [0.5, 0.6) is 0 Å². The summed E-state index contributed by atoms with van der Waals surface area (Å²) in [6.07, 6.45) is -0.286. The van der Waals surface area contributed by atoms with Crippen LogP contribution in [0.25, 0.3) is 0 Å². The molecule has 0 aliphatic carbocycles. The van der Waals surface area contributed by atoms with Crippen molar-refractivity contribution in [2.75, 3.05) is 13.2 Å². The molecule has 22 heavy (non-hydrogen) atoms. The van der Waals surface area contributed by atoms with Crippen LogP contribution in [0.4, 0.5) is 0 Å². The van der Waals surface area contributed by atoms with Crippen molar-refractivity contribution in [1.82, 2.24) is 5.32 Å². The van der Waals surface area contributed by atoms with Gasteiger partial charge in [-0.15, -0.1) is 0 Å². The zero-order chi connectivity index (χ0) is 16.5. The number of benzene rings is 1. The highest BCUT2D eigenvalue weighted by atomic mass is 35.5. The van der Waals surface area contributed by atoms with Gasteiger partial charge in [-0.3, -0.25) is 9.59 Å². The van der Waals surface area contributed by atoms with Crippen molar-refractivity contribution >= 4 is 29.4 Å². The minimum atomic E-state index is -1.10. The van der Waals surface area contributed by atoms with Gasteiger partial charge in [0.25, 0.3) is 5.91 Å². The molecule has 6 nitrogen and oxygen atoms in total. The lowest BCUT2D eigenvalue weighted by Gasteiger charge is -2.16. The smallest absolute Gasteiger partial charge is 0.329 e. The van der Waals surface area contributed by atoms with Crippen LogP contribution < -0.4 is 5.32 Å². The number of nitrogens with one attached hydrogen (secondary N) is 1. The van der Waals surface area contributed by atoms with Crippen LogP contribution in [0.15, 0.2) is 24.3 Å². The van der Waals surface area contributed by atoms with E-state index in [0.29, 0.717) is 10.6 Å². The summed E-state index contributed by atoms with van der Waals surface area (Å²) in [5.41, 5.74) is 0.322. The molecule has 1 atom stereocenters. The van der Waals surface area contributed by atoms with Gasteiger partial charge in [0.1, 0.15) is 6.04 Å². The van der Waals surface area contributed by atoms with Gasteiger partial charge in [-0.05, 0) is 38.1 Å². The van der Waals surface area contributed by atoms with Crippen LogP contribution >= 0.6 is 11.6 Å². The minimum Gasteiger partial charge on any atom is -0.466 e. The fourth-order valence-corrected chi connectivity index (χ4v) is 1.79. The van der Waals surface area contributed by atoms with E-state index in [-0.39, 0.29) is 19.6 Å². The molecule has 0 saturated carbocycles. The second-order valence-corrected chi connectivity index (χ2v) is 4.73. The van der Waals surface area contributed by atoms with Gasteiger partial charge < -0.3 is 14.8 Å². The third-order valence-corrected chi connectivity index (χ3v) is 2.91. The second kappa shape index (κ2) is 9.04. The average Bonchev–Trinajstić information content (AvgIpc) is 2.47. The first-order valence-electron chi connectivity index (χ1n) is 6.86. The van der Waals surface area contributed by atoms with Crippen molar-refractivity contribution in [1.29, 1.82) is 0 Å². The van der Waals surface area contributed by atoms with E-state index in [1.807, 2.05) is 0 Å². The number of rotatable bonds is 7. The summed E-state index contributed by atoms with van der Waals surface area (Å²) in [6.45, 7) is 3.64. The molecule has 7 heteroatoms. The highest BCUT2D eigenvalue weighted by Crippen LogP contribution is 2.10. The summed E-state index contributed by atoms with van der Waals surface area (Å²) >= 11 is 5.75. The van der Waals surface area contributed by atoms with Crippen LogP contribution in [-0.4, -0.2) is 37.1 Å². The average molecular weight is 328 g/mol. The molecule has 0 aliphatic rings. The maximum atomic E-state index is 12.1. The van der Waals surface area contributed by atoms with E-state index in [4.69, 9.17) is 21.1 Å². The number of carbonyl (C=O) groups is 3. The summed E-state index contributed by atoms with van der Waals surface area (Å²) in [4.78, 5) is 35.5. The minimum absolute atomic E-state index is 0.148. The Hall–Kier alpha value is -2.08. The molecule has 0 aromatic heterocycles. The van der Waals surface area contributed by atoms with Crippen molar-refractivity contribution in [3.05, 3.63) is 34.9 Å². The fourth-order valence-electron chi connectivity index (χ4n) is 1.67. The summed E-state index contributed by atoms with van der Waals surface area (Å²) < 4.78 is 9.64. The van der Waals surface area contributed by atoms with Crippen molar-refractivity contribution in [2.24, 2.45) is 0 Å². The van der Waals surface area contributed by atoms with E-state index in [1.54, 1.807) is 26.0 Å². The molecule has 0 bridgehead atoms. The Balaban J connectivity index is 2.78. The van der Waals surface area contributed by atoms with Gasteiger partial charge in [-0.1, -0.05) is 11.6 Å². The largest absolute Gasteiger partial charge is 0.466 e. The van der Waals surface area contributed by atoms with Gasteiger partial charge in [-0.25, -0.2) is 4.79 Å². The highest BCUT2D eigenvalue weighted by molar-refractivity contribution is 6.30. The van der Waals surface area contributed by atoms with E-state index < -0.39 is 23.9 Å². The van der Waals surface area contributed by atoms with Gasteiger partial charge >= 0.3 is 11.9 Å². The number of ether oxygens (including phenoxy) is 2. The van der Waals surface area contributed by atoms with Crippen LogP contribution in [-0.2, 0) is 19.1 Å². The number of amides is 1. The molecule has 0 aliphatic heterocycles. The number of hydrogen-bond acceptors (Lipinski definition) is 5. The summed E-state index contributed by atoms with van der Waals surface area (Å²) in [5.74, 6) is -1.77. The molecule has 0 heterocycles. The van der Waals surface area contributed by atoms with Crippen LogP contribution in [0.1, 0.15) is 30.6 Å². The van der Waals surface area contributed by atoms with Crippen LogP contribution in [0, 0.1) is 0 Å². The number of halogens is 1. The first-order valence-corrected chi connectivity index (χ1v) is 7.24. The fraction of sp³-hybridized carbons (Fsp3) is 0.400. The van der Waals surface area contributed by atoms with E-state index >= 15 is 0 Å². The number of esters is 2. The van der Waals surface area contributed by atoms with Crippen molar-refractivity contribution in [3.63, 3.8) is 0 Å². The van der Waals surface area contributed by atoms with Gasteiger partial charge in [0, 0.05) is 10.6 Å². The molecule has 1 rings (SSSR count). The Morgan fingerprint density at radius 1 is 1.09 bits per heavy atom. The third kappa shape index (κ3) is 5.73. The molecule has 0 spiro atoms. The Bertz CT molecular complexity index is 529. The molecule has 0 fully saturated rings. The molecular formula is C15H18ClNO5. The van der Waals surface area contributed by atoms with Gasteiger partial charge in [0.05, 0.1) is 19.6 Å². The van der Waals surface area contributed by atoms with Gasteiger partial charge in [0.2, 0.25) is 0 Å². The normalized spacial score (nSPS) is 11.4. The topological polar surface area (TPSA) is 81.7 Å². The first kappa shape index (κ1) is 18.0. The SMILES string of the molecule is CCOC(=O)C[C@H](NC(=O)c1ccc(Cl)cc1)C(=O)OCC. The predicted molar refractivity (Wildman–Crippen MR) is 80.6 cm³/mol. The lowest BCUT2D eigenvalue weighted by Crippen LogP contribution is -2.43. The van der Waals surface area contributed by atoms with E-state index in [2.05, 4.69) is 5.32 Å². The molecule has 1 aromatic carbocycles. The lowest BCUT2D eigenvalue weighted by molar-refractivity contribution is -0.152. The maximum Gasteiger partial charge on any atom is 0.329 e. The molecule has 0 unspecified atom stereocenters. The van der Waals surface area contributed by atoms with E-state index in [1.165, 1.54) is 12.1 Å². The Kier molecular flexibility index (Phi) is 7.39. The summed E-state index contributed by atoms with van der Waals surface area (Å²) in [6, 6.07) is 5.05. The van der Waals surface area contributed by atoms with Crippen molar-refractivity contribution in [2.45, 2.75) is 26.3 Å². The van der Waals surface area contributed by atoms with Gasteiger partial charge in [-0.2, -0.15) is 0 Å².